The van der Waals surface area contributed by atoms with E-state index in [0.717, 1.165) is 21.0 Å². The van der Waals surface area contributed by atoms with E-state index in [1.807, 2.05) is 18.2 Å². The van der Waals surface area contributed by atoms with Crippen LogP contribution < -0.4 is 10.5 Å². The summed E-state index contributed by atoms with van der Waals surface area (Å²) < 4.78 is 20.0. The minimum Gasteiger partial charge on any atom is -0.497 e. The number of nitrogens with zero attached hydrogens (tertiary/aromatic N) is 2. The number of aromatic nitrogens is 1. The number of fused-ring (bicyclic) bond motifs is 1. The van der Waals surface area contributed by atoms with Crippen LogP contribution in [0.1, 0.15) is 11.4 Å². The molecule has 0 atom stereocenters. The maximum Gasteiger partial charge on any atom is 0.230 e. The zero-order chi connectivity index (χ0) is 16.9. The van der Waals surface area contributed by atoms with Crippen molar-refractivity contribution in [2.24, 2.45) is 10.7 Å². The number of ether oxygens (including phenoxy) is 1. The number of thiazole rings is 1. The number of benzene rings is 1. The highest BCUT2D eigenvalue weighted by Gasteiger charge is 2.04. The molecule has 1 aromatic heterocycles. The van der Waals surface area contributed by atoms with Crippen molar-refractivity contribution >= 4 is 33.5 Å². The second-order valence-corrected chi connectivity index (χ2v) is 5.96. The van der Waals surface area contributed by atoms with Gasteiger partial charge in [-0.2, -0.15) is 4.39 Å². The number of hydrogen-bond acceptors (Lipinski definition) is 5. The summed E-state index contributed by atoms with van der Waals surface area (Å²) in [5, 5.41) is 0.820. The van der Waals surface area contributed by atoms with Gasteiger partial charge in [0.2, 0.25) is 5.95 Å². The van der Waals surface area contributed by atoms with Crippen LogP contribution in [0, 0.1) is 11.8 Å². The van der Waals surface area contributed by atoms with Gasteiger partial charge in [0.1, 0.15) is 16.6 Å². The van der Waals surface area contributed by atoms with Gasteiger partial charge in [-0.1, -0.05) is 17.9 Å². The fourth-order valence-electron chi connectivity index (χ4n) is 2.04. The first-order valence-corrected chi connectivity index (χ1v) is 7.99. The summed E-state index contributed by atoms with van der Waals surface area (Å²) in [7, 11) is 1.63. The molecule has 3 rings (SSSR count). The molecule has 0 aliphatic carbocycles. The number of halogens is 1. The molecule has 0 amide bonds. The maximum absolute atomic E-state index is 13.7. The van der Waals surface area contributed by atoms with Crippen LogP contribution in [0.3, 0.4) is 0 Å². The Morgan fingerprint density at radius 3 is 3.12 bits per heavy atom. The second kappa shape index (κ2) is 7.11. The van der Waals surface area contributed by atoms with Crippen LogP contribution >= 0.6 is 11.3 Å². The van der Waals surface area contributed by atoms with Gasteiger partial charge in [-0.25, -0.2) is 9.98 Å². The molecule has 1 aliphatic heterocycles. The molecule has 0 spiro atoms. The van der Waals surface area contributed by atoms with Crippen molar-refractivity contribution in [3.63, 3.8) is 0 Å². The number of allylic oxidation sites excluding steroid dienone is 3. The lowest BCUT2D eigenvalue weighted by Gasteiger charge is -1.96. The first-order chi connectivity index (χ1) is 11.7. The number of methoxy groups -OCH3 is 1. The molecule has 6 heteroatoms. The van der Waals surface area contributed by atoms with Crippen molar-refractivity contribution in [3.8, 4) is 17.6 Å². The minimum absolute atomic E-state index is 0.217. The average Bonchev–Trinajstić information content (AvgIpc) is 2.90. The van der Waals surface area contributed by atoms with Gasteiger partial charge in [0.05, 0.1) is 22.9 Å². The van der Waals surface area contributed by atoms with Crippen LogP contribution in [0.25, 0.3) is 16.3 Å². The third kappa shape index (κ3) is 3.70. The number of aliphatic imine (C=N–C) groups is 1. The molecule has 24 heavy (non-hydrogen) atoms. The van der Waals surface area contributed by atoms with Gasteiger partial charge in [-0.3, -0.25) is 0 Å². The summed E-state index contributed by atoms with van der Waals surface area (Å²) >= 11 is 1.53. The molecule has 4 nitrogen and oxygen atoms in total. The quantitative estimate of drug-likeness (QED) is 0.668. The van der Waals surface area contributed by atoms with Gasteiger partial charge < -0.3 is 10.5 Å². The van der Waals surface area contributed by atoms with Crippen LogP contribution in [0.15, 0.2) is 52.9 Å². The zero-order valence-corrected chi connectivity index (χ0v) is 13.7. The van der Waals surface area contributed by atoms with Crippen molar-refractivity contribution in [1.29, 1.82) is 0 Å². The second-order valence-electron chi connectivity index (χ2n) is 4.90. The lowest BCUT2D eigenvalue weighted by atomic mass is 10.2. The van der Waals surface area contributed by atoms with E-state index in [4.69, 9.17) is 10.5 Å². The molecule has 1 aliphatic rings. The van der Waals surface area contributed by atoms with Gasteiger partial charge in [0.15, 0.2) is 0 Å². The Morgan fingerprint density at radius 1 is 1.42 bits per heavy atom. The molecule has 2 aromatic rings. The predicted octanol–water partition coefficient (Wildman–Crippen LogP) is 3.82. The third-order valence-corrected chi connectivity index (χ3v) is 4.19. The van der Waals surface area contributed by atoms with Crippen molar-refractivity contribution in [1.82, 2.24) is 4.98 Å². The van der Waals surface area contributed by atoms with E-state index < -0.39 is 5.95 Å². The maximum atomic E-state index is 13.7. The summed E-state index contributed by atoms with van der Waals surface area (Å²) in [6.07, 6.45) is 7.18. The highest BCUT2D eigenvalue weighted by molar-refractivity contribution is 7.19. The highest BCUT2D eigenvalue weighted by atomic mass is 32.1. The largest absolute Gasteiger partial charge is 0.497 e. The van der Waals surface area contributed by atoms with E-state index in [0.29, 0.717) is 6.42 Å². The Morgan fingerprint density at radius 2 is 2.29 bits per heavy atom. The average molecular weight is 339 g/mol. The van der Waals surface area contributed by atoms with Crippen LogP contribution in [-0.4, -0.2) is 17.9 Å². The number of rotatable bonds is 2. The lowest BCUT2D eigenvalue weighted by Crippen LogP contribution is -2.09. The van der Waals surface area contributed by atoms with E-state index in [9.17, 15) is 4.39 Å². The molecule has 2 heterocycles. The smallest absolute Gasteiger partial charge is 0.230 e. The summed E-state index contributed by atoms with van der Waals surface area (Å²) in [6, 6.07) is 5.72. The minimum atomic E-state index is -0.658. The Balaban J connectivity index is 1.79. The monoisotopic (exact) mass is 339 g/mol. The number of nitrogens with two attached hydrogens (primary N) is 1. The third-order valence-electron chi connectivity index (χ3n) is 3.20. The molecule has 0 saturated heterocycles. The molecule has 0 saturated carbocycles. The van der Waals surface area contributed by atoms with E-state index >= 15 is 0 Å². The Kier molecular flexibility index (Phi) is 4.73. The summed E-state index contributed by atoms with van der Waals surface area (Å²) in [5.41, 5.74) is 6.64. The molecule has 1 aromatic carbocycles. The molecule has 0 fully saturated rings. The van der Waals surface area contributed by atoms with Crippen LogP contribution in [0.2, 0.25) is 0 Å². The highest BCUT2D eigenvalue weighted by Crippen LogP contribution is 2.26. The fraction of sp³-hybridized carbons (Fsp3) is 0.111. The van der Waals surface area contributed by atoms with Gasteiger partial charge >= 0.3 is 0 Å². The van der Waals surface area contributed by atoms with Crippen molar-refractivity contribution in [2.45, 2.75) is 6.42 Å². The summed E-state index contributed by atoms with van der Waals surface area (Å²) in [5.74, 6) is 5.90. The van der Waals surface area contributed by atoms with Gasteiger partial charge in [-0.15, -0.1) is 11.3 Å². The van der Waals surface area contributed by atoms with E-state index in [1.165, 1.54) is 11.3 Å². The Hall–Kier alpha value is -2.91. The van der Waals surface area contributed by atoms with E-state index in [1.54, 1.807) is 31.4 Å². The van der Waals surface area contributed by atoms with E-state index in [-0.39, 0.29) is 11.4 Å². The van der Waals surface area contributed by atoms with E-state index in [2.05, 4.69) is 21.8 Å². The Labute approximate surface area is 142 Å². The van der Waals surface area contributed by atoms with Crippen molar-refractivity contribution in [2.75, 3.05) is 7.11 Å². The van der Waals surface area contributed by atoms with Gasteiger partial charge in [0.25, 0.3) is 0 Å². The van der Waals surface area contributed by atoms with Crippen molar-refractivity contribution < 1.29 is 9.13 Å². The first-order valence-electron chi connectivity index (χ1n) is 7.18. The standard InChI is InChI=1S/C18H14FN3OS/c1-23-13-9-10-14-15(11-13)24-17(21-14)8-3-2-5-12-6-4-7-16(20)22-18(12)19/h3-4,6,8-11H,7H2,1H3,(H2,20,22)/b8-3+. The van der Waals surface area contributed by atoms with Crippen LogP contribution in [0.5, 0.6) is 5.75 Å². The summed E-state index contributed by atoms with van der Waals surface area (Å²) in [4.78, 5) is 8.12. The fourth-order valence-corrected chi connectivity index (χ4v) is 2.94. The van der Waals surface area contributed by atoms with Gasteiger partial charge in [0, 0.05) is 6.42 Å². The topological polar surface area (TPSA) is 60.5 Å². The molecular formula is C18H14FN3OS. The number of amidine groups is 1. The zero-order valence-electron chi connectivity index (χ0n) is 12.9. The SMILES string of the molecule is COc1ccc2nc(/C=C/C#CC3=C(F)N=C(N)CC=C3)sc2c1. The molecule has 0 radical (unpaired) electrons. The number of hydrogen-bond donors (Lipinski definition) is 1. The predicted molar refractivity (Wildman–Crippen MR) is 96.5 cm³/mol. The van der Waals surface area contributed by atoms with Gasteiger partial charge in [-0.05, 0) is 36.4 Å². The van der Waals surface area contributed by atoms with Crippen LogP contribution in [0.4, 0.5) is 4.39 Å². The van der Waals surface area contributed by atoms with Crippen molar-refractivity contribution in [3.05, 3.63) is 53.0 Å². The molecule has 2 N–H and O–H groups in total. The lowest BCUT2D eigenvalue weighted by molar-refractivity contribution is 0.415. The first kappa shape index (κ1) is 16.0. The molecular weight excluding hydrogens is 325 g/mol. The molecule has 120 valence electrons. The Bertz CT molecular complexity index is 958. The van der Waals surface area contributed by atoms with Crippen LogP contribution in [-0.2, 0) is 0 Å². The normalized spacial score (nSPS) is 14.5. The molecule has 0 unspecified atom stereocenters. The molecule has 0 bridgehead atoms. The summed E-state index contributed by atoms with van der Waals surface area (Å²) in [6.45, 7) is 0.